The Morgan fingerprint density at radius 1 is 1.42 bits per heavy atom. The zero-order valence-electron chi connectivity index (χ0n) is 11.0. The predicted octanol–water partition coefficient (Wildman–Crippen LogP) is 2.16. The number of hydrazine groups is 1. The quantitative estimate of drug-likeness (QED) is 0.653. The van der Waals surface area contributed by atoms with Crippen molar-refractivity contribution in [1.82, 2.24) is 10.4 Å². The largest absolute Gasteiger partial charge is 0.378 e. The van der Waals surface area contributed by atoms with Crippen molar-refractivity contribution in [2.45, 2.75) is 25.5 Å². The molecule has 0 amide bonds. The van der Waals surface area contributed by atoms with Crippen LogP contribution in [0.25, 0.3) is 10.8 Å². The molecule has 1 aliphatic heterocycles. The summed E-state index contributed by atoms with van der Waals surface area (Å²) in [5.41, 5.74) is 4.17. The zero-order chi connectivity index (χ0) is 13.2. The summed E-state index contributed by atoms with van der Waals surface area (Å²) in [5, 5.41) is 2.35. The van der Waals surface area contributed by atoms with Gasteiger partial charge in [0.1, 0.15) is 0 Å². The lowest BCUT2D eigenvalue weighted by Crippen LogP contribution is -2.34. The number of benzene rings is 1. The van der Waals surface area contributed by atoms with E-state index in [1.54, 1.807) is 0 Å². The molecule has 3 rings (SSSR count). The minimum Gasteiger partial charge on any atom is -0.378 e. The van der Waals surface area contributed by atoms with E-state index in [0.717, 1.165) is 18.4 Å². The summed E-state index contributed by atoms with van der Waals surface area (Å²) in [6.45, 7) is 2.87. The van der Waals surface area contributed by atoms with E-state index in [9.17, 15) is 0 Å². The van der Waals surface area contributed by atoms with Gasteiger partial charge in [-0.3, -0.25) is 16.3 Å². The van der Waals surface area contributed by atoms with Crippen molar-refractivity contribution < 1.29 is 4.74 Å². The first-order valence-electron chi connectivity index (χ1n) is 6.70. The average molecular weight is 257 g/mol. The van der Waals surface area contributed by atoms with Crippen molar-refractivity contribution in [2.75, 3.05) is 6.61 Å². The number of aromatic nitrogens is 1. The zero-order valence-corrected chi connectivity index (χ0v) is 11.0. The Morgan fingerprint density at radius 2 is 2.32 bits per heavy atom. The van der Waals surface area contributed by atoms with Crippen molar-refractivity contribution in [3.05, 3.63) is 42.2 Å². The lowest BCUT2D eigenvalue weighted by atomic mass is 9.89. The third kappa shape index (κ3) is 2.34. The molecule has 2 heterocycles. The summed E-state index contributed by atoms with van der Waals surface area (Å²) in [7, 11) is 0. The second kappa shape index (κ2) is 5.25. The highest BCUT2D eigenvalue weighted by Crippen LogP contribution is 2.34. The van der Waals surface area contributed by atoms with Gasteiger partial charge in [0.25, 0.3) is 0 Å². The molecule has 4 nitrogen and oxygen atoms in total. The van der Waals surface area contributed by atoms with Gasteiger partial charge in [-0.05, 0) is 30.4 Å². The van der Waals surface area contributed by atoms with Gasteiger partial charge in [-0.25, -0.2) is 0 Å². The van der Waals surface area contributed by atoms with Gasteiger partial charge >= 0.3 is 0 Å². The SMILES string of the molecule is CC1CC(C(NN)c2cccc3ccncc23)CO1. The Morgan fingerprint density at radius 3 is 3.05 bits per heavy atom. The molecule has 100 valence electrons. The first-order chi connectivity index (χ1) is 9.29. The number of nitrogens with zero attached hydrogens (tertiary/aromatic N) is 1. The molecule has 19 heavy (non-hydrogen) atoms. The minimum atomic E-state index is 0.109. The number of nitrogens with two attached hydrogens (primary N) is 1. The number of pyridine rings is 1. The van der Waals surface area contributed by atoms with E-state index >= 15 is 0 Å². The van der Waals surface area contributed by atoms with Gasteiger partial charge in [-0.2, -0.15) is 0 Å². The average Bonchev–Trinajstić information content (AvgIpc) is 2.86. The van der Waals surface area contributed by atoms with Crippen molar-refractivity contribution in [3.8, 4) is 0 Å². The maximum atomic E-state index is 5.80. The molecule has 1 aromatic carbocycles. The summed E-state index contributed by atoms with van der Waals surface area (Å²) in [6, 6.07) is 8.43. The Balaban J connectivity index is 2.01. The van der Waals surface area contributed by atoms with Crippen LogP contribution in [-0.4, -0.2) is 17.7 Å². The smallest absolute Gasteiger partial charge is 0.0551 e. The first kappa shape index (κ1) is 12.5. The van der Waals surface area contributed by atoms with E-state index in [-0.39, 0.29) is 6.04 Å². The molecule has 0 spiro atoms. The first-order valence-corrected chi connectivity index (χ1v) is 6.70. The van der Waals surface area contributed by atoms with E-state index in [4.69, 9.17) is 10.6 Å². The fourth-order valence-corrected chi connectivity index (χ4v) is 2.97. The van der Waals surface area contributed by atoms with Crippen LogP contribution in [0.2, 0.25) is 0 Å². The van der Waals surface area contributed by atoms with Crippen LogP contribution in [0.1, 0.15) is 24.9 Å². The fraction of sp³-hybridized carbons (Fsp3) is 0.400. The van der Waals surface area contributed by atoms with Crippen LogP contribution >= 0.6 is 0 Å². The summed E-state index contributed by atoms with van der Waals surface area (Å²) in [5.74, 6) is 6.20. The number of rotatable bonds is 3. The maximum absolute atomic E-state index is 5.80. The van der Waals surface area contributed by atoms with Gasteiger partial charge < -0.3 is 4.74 Å². The highest BCUT2D eigenvalue weighted by molar-refractivity contribution is 5.85. The number of nitrogens with one attached hydrogen (secondary N) is 1. The van der Waals surface area contributed by atoms with Gasteiger partial charge in [0.2, 0.25) is 0 Å². The van der Waals surface area contributed by atoms with Crippen LogP contribution in [0.5, 0.6) is 0 Å². The standard InChI is InChI=1S/C15H19N3O/c1-10-7-12(9-19-10)15(18-16)13-4-2-3-11-5-6-17-8-14(11)13/h2-6,8,10,12,15,18H,7,9,16H2,1H3. The molecule has 4 heteroatoms. The number of fused-ring (bicyclic) bond motifs is 1. The van der Waals surface area contributed by atoms with Crippen LogP contribution in [0, 0.1) is 5.92 Å². The normalized spacial score (nSPS) is 24.7. The third-order valence-corrected chi connectivity index (χ3v) is 3.93. The lowest BCUT2D eigenvalue weighted by Gasteiger charge is -2.23. The van der Waals surface area contributed by atoms with Crippen molar-refractivity contribution in [1.29, 1.82) is 0 Å². The highest BCUT2D eigenvalue weighted by Gasteiger charge is 2.30. The third-order valence-electron chi connectivity index (χ3n) is 3.93. The minimum absolute atomic E-state index is 0.109. The Kier molecular flexibility index (Phi) is 3.46. The van der Waals surface area contributed by atoms with Gasteiger partial charge in [0.15, 0.2) is 0 Å². The Hall–Kier alpha value is -1.49. The van der Waals surface area contributed by atoms with E-state index in [0.29, 0.717) is 12.0 Å². The van der Waals surface area contributed by atoms with Gasteiger partial charge in [-0.15, -0.1) is 0 Å². The number of hydrogen-bond acceptors (Lipinski definition) is 4. The van der Waals surface area contributed by atoms with Crippen molar-refractivity contribution in [2.24, 2.45) is 11.8 Å². The molecule has 3 unspecified atom stereocenters. The van der Waals surface area contributed by atoms with Crippen LogP contribution in [0.3, 0.4) is 0 Å². The van der Waals surface area contributed by atoms with Gasteiger partial charge in [0.05, 0.1) is 18.8 Å². The van der Waals surface area contributed by atoms with Crippen LogP contribution in [0.4, 0.5) is 0 Å². The highest BCUT2D eigenvalue weighted by atomic mass is 16.5. The van der Waals surface area contributed by atoms with E-state index in [1.165, 1.54) is 10.9 Å². The molecule has 0 aliphatic carbocycles. The molecule has 1 saturated heterocycles. The molecule has 1 aromatic heterocycles. The van der Waals surface area contributed by atoms with E-state index in [2.05, 4.69) is 35.5 Å². The van der Waals surface area contributed by atoms with E-state index in [1.807, 2.05) is 18.5 Å². The Labute approximate surface area is 112 Å². The summed E-state index contributed by atoms with van der Waals surface area (Å²) in [4.78, 5) is 4.23. The second-order valence-corrected chi connectivity index (χ2v) is 5.23. The van der Waals surface area contributed by atoms with E-state index < -0.39 is 0 Å². The Bertz CT molecular complexity index is 567. The molecule has 1 aliphatic rings. The van der Waals surface area contributed by atoms with Gasteiger partial charge in [0, 0.05) is 23.7 Å². The molecule has 0 bridgehead atoms. The van der Waals surface area contributed by atoms with Crippen LogP contribution in [0.15, 0.2) is 36.7 Å². The molecular formula is C15H19N3O. The molecule has 2 aromatic rings. The van der Waals surface area contributed by atoms with Crippen molar-refractivity contribution in [3.63, 3.8) is 0 Å². The summed E-state index contributed by atoms with van der Waals surface area (Å²) < 4.78 is 5.67. The molecular weight excluding hydrogens is 238 g/mol. The summed E-state index contributed by atoms with van der Waals surface area (Å²) >= 11 is 0. The molecule has 3 atom stereocenters. The number of ether oxygens (including phenoxy) is 1. The maximum Gasteiger partial charge on any atom is 0.0551 e. The molecule has 1 fully saturated rings. The molecule has 0 radical (unpaired) electrons. The number of hydrogen-bond donors (Lipinski definition) is 2. The fourth-order valence-electron chi connectivity index (χ4n) is 2.97. The molecule has 0 saturated carbocycles. The van der Waals surface area contributed by atoms with Gasteiger partial charge in [-0.1, -0.05) is 18.2 Å². The molecule has 3 N–H and O–H groups in total. The summed E-state index contributed by atoms with van der Waals surface area (Å²) in [6.07, 6.45) is 5.08. The van der Waals surface area contributed by atoms with Crippen LogP contribution < -0.4 is 11.3 Å². The lowest BCUT2D eigenvalue weighted by molar-refractivity contribution is 0.117. The predicted molar refractivity (Wildman–Crippen MR) is 75.3 cm³/mol. The monoisotopic (exact) mass is 257 g/mol. The van der Waals surface area contributed by atoms with Crippen molar-refractivity contribution >= 4 is 10.8 Å². The topological polar surface area (TPSA) is 60.2 Å². The second-order valence-electron chi connectivity index (χ2n) is 5.23. The van der Waals surface area contributed by atoms with Crippen LogP contribution in [-0.2, 0) is 4.74 Å².